The van der Waals surface area contributed by atoms with Gasteiger partial charge in [0.1, 0.15) is 11.5 Å². The second kappa shape index (κ2) is 10.4. The minimum Gasteiger partial charge on any atom is -0.457 e. The Labute approximate surface area is 190 Å². The Kier molecular flexibility index (Phi) is 7.20. The minimum absolute atomic E-state index is 0.0491. The molecule has 1 heterocycles. The third-order valence-corrected chi connectivity index (χ3v) is 5.98. The molecular weight excluding hydrogens is 398 g/mol. The highest BCUT2D eigenvalue weighted by Gasteiger charge is 2.29. The van der Waals surface area contributed by atoms with Gasteiger partial charge in [0.05, 0.1) is 6.04 Å². The second-order valence-electron chi connectivity index (χ2n) is 8.40. The van der Waals surface area contributed by atoms with Crippen molar-refractivity contribution in [2.75, 3.05) is 33.2 Å². The van der Waals surface area contributed by atoms with Gasteiger partial charge in [-0.2, -0.15) is 0 Å². The lowest BCUT2D eigenvalue weighted by atomic mass is 9.97. The highest BCUT2D eigenvalue weighted by molar-refractivity contribution is 5.94. The number of hydrogen-bond donors (Lipinski definition) is 1. The third kappa shape index (κ3) is 5.55. The average Bonchev–Trinajstić information content (AvgIpc) is 2.82. The van der Waals surface area contributed by atoms with Crippen molar-refractivity contribution >= 4 is 5.91 Å². The lowest BCUT2D eigenvalue weighted by molar-refractivity contribution is 0.0791. The Bertz CT molecular complexity index is 1000. The van der Waals surface area contributed by atoms with Gasteiger partial charge in [-0.1, -0.05) is 54.6 Å². The van der Waals surface area contributed by atoms with Gasteiger partial charge in [-0.15, -0.1) is 0 Å². The molecule has 1 N–H and O–H groups in total. The fourth-order valence-corrected chi connectivity index (χ4v) is 4.26. The van der Waals surface area contributed by atoms with Crippen LogP contribution in [-0.4, -0.2) is 55.0 Å². The van der Waals surface area contributed by atoms with Crippen molar-refractivity contribution in [2.24, 2.45) is 0 Å². The van der Waals surface area contributed by atoms with Gasteiger partial charge in [0.15, 0.2) is 0 Å². The van der Waals surface area contributed by atoms with Gasteiger partial charge in [-0.3, -0.25) is 9.69 Å². The first kappa shape index (κ1) is 22.1. The molecule has 3 aromatic carbocycles. The van der Waals surface area contributed by atoms with Crippen LogP contribution in [0.2, 0.25) is 0 Å². The van der Waals surface area contributed by atoms with Gasteiger partial charge >= 0.3 is 0 Å². The molecule has 1 fully saturated rings. The Morgan fingerprint density at radius 2 is 1.47 bits per heavy atom. The monoisotopic (exact) mass is 429 g/mol. The van der Waals surface area contributed by atoms with E-state index in [-0.39, 0.29) is 18.0 Å². The summed E-state index contributed by atoms with van der Waals surface area (Å²) in [7, 11) is 2.16. The Morgan fingerprint density at radius 3 is 2.16 bits per heavy atom. The quantitative estimate of drug-likeness (QED) is 0.597. The highest BCUT2D eigenvalue weighted by Crippen LogP contribution is 2.26. The molecular formula is C27H31N3O2. The fraction of sp³-hybridized carbons (Fsp3) is 0.296. The van der Waals surface area contributed by atoms with Gasteiger partial charge < -0.3 is 15.0 Å². The molecule has 0 unspecified atom stereocenters. The minimum atomic E-state index is -0.0916. The molecule has 0 saturated carbocycles. The number of nitrogens with zero attached hydrogens (tertiary/aromatic N) is 2. The van der Waals surface area contributed by atoms with E-state index in [1.54, 1.807) is 6.07 Å². The summed E-state index contributed by atoms with van der Waals surface area (Å²) in [5.74, 6) is 1.30. The predicted molar refractivity (Wildman–Crippen MR) is 128 cm³/mol. The van der Waals surface area contributed by atoms with Crippen LogP contribution in [0.1, 0.15) is 28.9 Å². The van der Waals surface area contributed by atoms with Crippen molar-refractivity contribution in [1.29, 1.82) is 0 Å². The first-order valence-corrected chi connectivity index (χ1v) is 11.2. The molecule has 0 bridgehead atoms. The van der Waals surface area contributed by atoms with E-state index < -0.39 is 0 Å². The number of ether oxygens (including phenoxy) is 1. The van der Waals surface area contributed by atoms with Crippen LogP contribution in [0.5, 0.6) is 11.5 Å². The molecule has 0 radical (unpaired) electrons. The number of benzene rings is 3. The maximum Gasteiger partial charge on any atom is 0.251 e. The van der Waals surface area contributed by atoms with Gasteiger partial charge in [0.2, 0.25) is 0 Å². The third-order valence-electron chi connectivity index (χ3n) is 5.98. The summed E-state index contributed by atoms with van der Waals surface area (Å²) in [5, 5.41) is 3.24. The summed E-state index contributed by atoms with van der Waals surface area (Å²) < 4.78 is 5.90. The van der Waals surface area contributed by atoms with Crippen molar-refractivity contribution in [1.82, 2.24) is 15.1 Å². The summed E-state index contributed by atoms with van der Waals surface area (Å²) in [6.45, 7) is 6.12. The zero-order valence-electron chi connectivity index (χ0n) is 18.8. The molecule has 1 aliphatic rings. The fourth-order valence-electron chi connectivity index (χ4n) is 4.26. The molecule has 1 aliphatic heterocycles. The average molecular weight is 430 g/mol. The first-order valence-electron chi connectivity index (χ1n) is 11.2. The molecule has 5 heteroatoms. The molecule has 2 atom stereocenters. The van der Waals surface area contributed by atoms with E-state index in [2.05, 4.69) is 53.4 Å². The van der Waals surface area contributed by atoms with E-state index >= 15 is 0 Å². The number of carbonyl (C=O) groups is 1. The second-order valence-corrected chi connectivity index (χ2v) is 8.40. The maximum atomic E-state index is 13.1. The van der Waals surface area contributed by atoms with E-state index in [0.29, 0.717) is 11.3 Å². The molecule has 5 nitrogen and oxygen atoms in total. The SMILES string of the molecule is C[C@@H](NC(=O)c1cccc(Oc2ccccc2)c1)[C@@H](c1ccccc1)N1CCN(C)CC1. The molecule has 3 aromatic rings. The van der Waals surface area contributed by atoms with Crippen LogP contribution in [0, 0.1) is 0 Å². The topological polar surface area (TPSA) is 44.8 Å². The van der Waals surface area contributed by atoms with Crippen LogP contribution in [0.4, 0.5) is 0 Å². The molecule has 1 amide bonds. The van der Waals surface area contributed by atoms with E-state index in [1.807, 2.05) is 54.6 Å². The molecule has 0 spiro atoms. The number of likely N-dealkylation sites (N-methyl/N-ethyl adjacent to an activating group) is 1. The molecule has 4 rings (SSSR count). The number of rotatable bonds is 7. The van der Waals surface area contributed by atoms with Gasteiger partial charge in [0, 0.05) is 37.8 Å². The summed E-state index contributed by atoms with van der Waals surface area (Å²) in [4.78, 5) is 18.0. The number of nitrogens with one attached hydrogen (secondary N) is 1. The van der Waals surface area contributed by atoms with Crippen molar-refractivity contribution < 1.29 is 9.53 Å². The van der Waals surface area contributed by atoms with Crippen molar-refractivity contribution in [3.63, 3.8) is 0 Å². The van der Waals surface area contributed by atoms with Gasteiger partial charge in [-0.25, -0.2) is 0 Å². The first-order chi connectivity index (χ1) is 15.6. The Balaban J connectivity index is 1.49. The van der Waals surface area contributed by atoms with Crippen molar-refractivity contribution in [3.8, 4) is 11.5 Å². The summed E-state index contributed by atoms with van der Waals surface area (Å²) in [6, 6.07) is 27.5. The lowest BCUT2D eigenvalue weighted by Gasteiger charge is -2.41. The van der Waals surface area contributed by atoms with Crippen LogP contribution in [0.3, 0.4) is 0 Å². The number of piperazine rings is 1. The van der Waals surface area contributed by atoms with Crippen LogP contribution in [0.25, 0.3) is 0 Å². The molecule has 166 valence electrons. The Morgan fingerprint density at radius 1 is 0.844 bits per heavy atom. The highest BCUT2D eigenvalue weighted by atomic mass is 16.5. The molecule has 0 aliphatic carbocycles. The molecule has 32 heavy (non-hydrogen) atoms. The van der Waals surface area contributed by atoms with Crippen molar-refractivity contribution in [2.45, 2.75) is 19.0 Å². The van der Waals surface area contributed by atoms with Crippen LogP contribution < -0.4 is 10.1 Å². The van der Waals surface area contributed by atoms with Crippen LogP contribution in [0.15, 0.2) is 84.9 Å². The lowest BCUT2D eigenvalue weighted by Crippen LogP contribution is -2.51. The molecule has 1 saturated heterocycles. The van der Waals surface area contributed by atoms with E-state index in [4.69, 9.17) is 4.74 Å². The smallest absolute Gasteiger partial charge is 0.251 e. The summed E-state index contributed by atoms with van der Waals surface area (Å²) in [5.41, 5.74) is 1.82. The Hall–Kier alpha value is -3.15. The maximum absolute atomic E-state index is 13.1. The zero-order chi connectivity index (χ0) is 22.3. The number of para-hydroxylation sites is 1. The zero-order valence-corrected chi connectivity index (χ0v) is 18.8. The molecule has 0 aromatic heterocycles. The largest absolute Gasteiger partial charge is 0.457 e. The predicted octanol–water partition coefficient (Wildman–Crippen LogP) is 4.59. The van der Waals surface area contributed by atoms with E-state index in [1.165, 1.54) is 5.56 Å². The normalized spacial score (nSPS) is 16.8. The van der Waals surface area contributed by atoms with E-state index in [9.17, 15) is 4.79 Å². The van der Waals surface area contributed by atoms with E-state index in [0.717, 1.165) is 31.9 Å². The number of carbonyl (C=O) groups excluding carboxylic acids is 1. The van der Waals surface area contributed by atoms with Gasteiger partial charge in [0.25, 0.3) is 5.91 Å². The number of hydrogen-bond acceptors (Lipinski definition) is 4. The van der Waals surface area contributed by atoms with Crippen molar-refractivity contribution in [3.05, 3.63) is 96.1 Å². The van der Waals surface area contributed by atoms with Crippen LogP contribution in [-0.2, 0) is 0 Å². The standard InChI is InChI=1S/C27H31N3O2/c1-21(26(22-10-5-3-6-11-22)30-18-16-29(2)17-19-30)28-27(31)23-12-9-15-25(20-23)32-24-13-7-4-8-14-24/h3-15,20-21,26H,16-19H2,1-2H3,(H,28,31)/t21-,26+/m1/s1. The summed E-state index contributed by atoms with van der Waals surface area (Å²) >= 11 is 0. The van der Waals surface area contributed by atoms with Crippen LogP contribution >= 0.6 is 0 Å². The summed E-state index contributed by atoms with van der Waals surface area (Å²) in [6.07, 6.45) is 0. The van der Waals surface area contributed by atoms with Gasteiger partial charge in [-0.05, 0) is 49.9 Å². The number of amides is 1.